The number of hydrogen-bond acceptors (Lipinski definition) is 6. The van der Waals surface area contributed by atoms with Crippen molar-refractivity contribution < 1.29 is 34.4 Å². The van der Waals surface area contributed by atoms with E-state index >= 15 is 0 Å². The zero-order valence-corrected chi connectivity index (χ0v) is 18.5. The molecule has 3 aromatic carbocycles. The summed E-state index contributed by atoms with van der Waals surface area (Å²) in [6.45, 7) is -0.230. The fourth-order valence-corrected chi connectivity index (χ4v) is 4.26. The molecule has 1 aliphatic rings. The molecule has 1 aliphatic carbocycles. The van der Waals surface area contributed by atoms with E-state index in [2.05, 4.69) is 5.32 Å². The van der Waals surface area contributed by atoms with Gasteiger partial charge in [-0.1, -0.05) is 48.5 Å². The van der Waals surface area contributed by atoms with Gasteiger partial charge in [0.25, 0.3) is 0 Å². The second kappa shape index (κ2) is 9.94. The molecule has 0 saturated carbocycles. The number of aromatic carboxylic acids is 1. The molecule has 8 heteroatoms. The highest BCUT2D eigenvalue weighted by Crippen LogP contribution is 2.44. The van der Waals surface area contributed by atoms with E-state index < -0.39 is 24.3 Å². The number of hydrogen-bond donors (Lipinski definition) is 4. The molecule has 1 amide bonds. The van der Waals surface area contributed by atoms with Crippen LogP contribution in [0.5, 0.6) is 5.75 Å². The molecule has 3 aromatic rings. The summed E-state index contributed by atoms with van der Waals surface area (Å²) in [7, 11) is 1.40. The first kappa shape index (κ1) is 23.3. The minimum absolute atomic E-state index is 0.0197. The fraction of sp³-hybridized carbons (Fsp3) is 0.231. The van der Waals surface area contributed by atoms with Crippen molar-refractivity contribution in [2.45, 2.75) is 18.1 Å². The Morgan fingerprint density at radius 2 is 1.59 bits per heavy atom. The first-order valence-electron chi connectivity index (χ1n) is 10.8. The van der Waals surface area contributed by atoms with Gasteiger partial charge in [0.1, 0.15) is 24.6 Å². The van der Waals surface area contributed by atoms with E-state index in [1.807, 2.05) is 48.5 Å². The summed E-state index contributed by atoms with van der Waals surface area (Å²) in [6, 6.07) is 20.0. The predicted octanol–water partition coefficient (Wildman–Crippen LogP) is 3.33. The molecule has 4 N–H and O–H groups in total. The maximum atomic E-state index is 12.3. The predicted molar refractivity (Wildman–Crippen MR) is 124 cm³/mol. The van der Waals surface area contributed by atoms with Crippen LogP contribution in [0.4, 0.5) is 4.79 Å². The number of nitrogens with one attached hydrogen (secondary N) is 1. The van der Waals surface area contributed by atoms with Crippen molar-refractivity contribution in [3.05, 3.63) is 89.0 Å². The zero-order valence-electron chi connectivity index (χ0n) is 18.5. The molecular weight excluding hydrogens is 438 g/mol. The number of fused-ring (bicyclic) bond motifs is 3. The average Bonchev–Trinajstić information content (AvgIpc) is 3.18. The second-order valence-corrected chi connectivity index (χ2v) is 7.98. The van der Waals surface area contributed by atoms with Crippen LogP contribution in [0.2, 0.25) is 0 Å². The third kappa shape index (κ3) is 4.59. The Balaban J connectivity index is 1.37. The number of aliphatic hydroxyl groups is 2. The molecule has 4 rings (SSSR count). The SMILES string of the molecule is COc1ccc(C(=O)O)c(C(O)C(O)CNC(=O)OCC2c3ccccc3-c3ccccc32)c1. The van der Waals surface area contributed by atoms with Crippen LogP contribution in [0, 0.1) is 0 Å². The fourth-order valence-electron chi connectivity index (χ4n) is 4.26. The van der Waals surface area contributed by atoms with E-state index in [4.69, 9.17) is 9.47 Å². The largest absolute Gasteiger partial charge is 0.497 e. The Labute approximate surface area is 196 Å². The van der Waals surface area contributed by atoms with Gasteiger partial charge in [0.2, 0.25) is 0 Å². The molecule has 0 saturated heterocycles. The Morgan fingerprint density at radius 3 is 2.18 bits per heavy atom. The van der Waals surface area contributed by atoms with Crippen LogP contribution >= 0.6 is 0 Å². The van der Waals surface area contributed by atoms with Crippen LogP contribution in [0.1, 0.15) is 39.1 Å². The van der Waals surface area contributed by atoms with Gasteiger partial charge >= 0.3 is 12.1 Å². The Bertz CT molecular complexity index is 1160. The van der Waals surface area contributed by atoms with Gasteiger partial charge < -0.3 is 30.1 Å². The maximum Gasteiger partial charge on any atom is 0.407 e. The Morgan fingerprint density at radius 1 is 0.971 bits per heavy atom. The van der Waals surface area contributed by atoms with Gasteiger partial charge in [0.15, 0.2) is 0 Å². The molecule has 0 heterocycles. The number of amides is 1. The maximum absolute atomic E-state index is 12.3. The number of rotatable bonds is 8. The molecule has 0 bridgehead atoms. The van der Waals surface area contributed by atoms with Crippen molar-refractivity contribution in [2.75, 3.05) is 20.3 Å². The molecule has 0 aromatic heterocycles. The van der Waals surface area contributed by atoms with Gasteiger partial charge in [0.05, 0.1) is 12.7 Å². The van der Waals surface area contributed by atoms with E-state index in [-0.39, 0.29) is 30.2 Å². The lowest BCUT2D eigenvalue weighted by Crippen LogP contribution is -2.36. The molecular formula is C26H25NO7. The van der Waals surface area contributed by atoms with E-state index in [0.717, 1.165) is 22.3 Å². The van der Waals surface area contributed by atoms with Crippen LogP contribution in [0.25, 0.3) is 11.1 Å². The van der Waals surface area contributed by atoms with Gasteiger partial charge in [0, 0.05) is 18.0 Å². The van der Waals surface area contributed by atoms with Gasteiger partial charge in [-0.3, -0.25) is 0 Å². The van der Waals surface area contributed by atoms with Crippen LogP contribution < -0.4 is 10.1 Å². The Kier molecular flexibility index (Phi) is 6.81. The molecule has 2 unspecified atom stereocenters. The summed E-state index contributed by atoms with van der Waals surface area (Å²) in [5.74, 6) is -1.03. The van der Waals surface area contributed by atoms with Crippen molar-refractivity contribution in [2.24, 2.45) is 0 Å². The van der Waals surface area contributed by atoms with Gasteiger partial charge in [-0.2, -0.15) is 0 Å². The van der Waals surface area contributed by atoms with Crippen molar-refractivity contribution in [3.8, 4) is 16.9 Å². The lowest BCUT2D eigenvalue weighted by Gasteiger charge is -2.21. The Hall–Kier alpha value is -3.88. The van der Waals surface area contributed by atoms with E-state index in [9.17, 15) is 24.9 Å². The van der Waals surface area contributed by atoms with E-state index in [1.54, 1.807) is 0 Å². The number of carbonyl (C=O) groups excluding carboxylic acids is 1. The summed E-state index contributed by atoms with van der Waals surface area (Å²) in [6.07, 6.45) is -3.78. The summed E-state index contributed by atoms with van der Waals surface area (Å²) in [5.41, 5.74) is 4.18. The molecule has 34 heavy (non-hydrogen) atoms. The molecule has 0 radical (unpaired) electrons. The molecule has 176 valence electrons. The number of carboxylic acids is 1. The van der Waals surface area contributed by atoms with Crippen LogP contribution in [0.15, 0.2) is 66.7 Å². The van der Waals surface area contributed by atoms with Crippen LogP contribution in [-0.4, -0.2) is 53.7 Å². The number of methoxy groups -OCH3 is 1. The first-order chi connectivity index (χ1) is 16.4. The van der Waals surface area contributed by atoms with Gasteiger partial charge in [-0.15, -0.1) is 0 Å². The van der Waals surface area contributed by atoms with Crippen LogP contribution in [0.3, 0.4) is 0 Å². The third-order valence-electron chi connectivity index (χ3n) is 5.97. The zero-order chi connectivity index (χ0) is 24.2. The highest BCUT2D eigenvalue weighted by molar-refractivity contribution is 5.89. The lowest BCUT2D eigenvalue weighted by molar-refractivity contribution is 0.0174. The number of carbonyl (C=O) groups is 2. The minimum atomic E-state index is -1.56. The second-order valence-electron chi connectivity index (χ2n) is 7.98. The molecule has 0 aliphatic heterocycles. The van der Waals surface area contributed by atoms with E-state index in [0.29, 0.717) is 5.75 Å². The third-order valence-corrected chi connectivity index (χ3v) is 5.97. The van der Waals surface area contributed by atoms with Crippen molar-refractivity contribution in [1.29, 1.82) is 0 Å². The molecule has 8 nitrogen and oxygen atoms in total. The number of carboxylic acid groups (broad SMARTS) is 1. The molecule has 0 fully saturated rings. The summed E-state index contributed by atoms with van der Waals surface area (Å²) in [5, 5.41) is 32.7. The van der Waals surface area contributed by atoms with E-state index in [1.165, 1.54) is 25.3 Å². The topological polar surface area (TPSA) is 125 Å². The highest BCUT2D eigenvalue weighted by Gasteiger charge is 2.29. The molecule has 0 spiro atoms. The highest BCUT2D eigenvalue weighted by atomic mass is 16.5. The molecule has 2 atom stereocenters. The first-order valence-corrected chi connectivity index (χ1v) is 10.8. The number of alkyl carbamates (subject to hydrolysis) is 1. The smallest absolute Gasteiger partial charge is 0.407 e. The standard InChI is InChI=1S/C26H25NO7/c1-33-15-10-11-20(25(30)31)21(12-15)24(29)23(28)13-27-26(32)34-14-22-18-8-4-2-6-16(18)17-7-3-5-9-19(17)22/h2-12,22-24,28-29H,13-14H2,1H3,(H,27,32)(H,30,31). The summed E-state index contributed by atoms with van der Waals surface area (Å²) < 4.78 is 10.5. The minimum Gasteiger partial charge on any atom is -0.497 e. The van der Waals surface area contributed by atoms with Crippen molar-refractivity contribution in [3.63, 3.8) is 0 Å². The van der Waals surface area contributed by atoms with Gasteiger partial charge in [-0.05, 0) is 40.5 Å². The number of benzene rings is 3. The summed E-state index contributed by atoms with van der Waals surface area (Å²) in [4.78, 5) is 23.8. The lowest BCUT2D eigenvalue weighted by atomic mass is 9.98. The van der Waals surface area contributed by atoms with Crippen molar-refractivity contribution in [1.82, 2.24) is 5.32 Å². The summed E-state index contributed by atoms with van der Waals surface area (Å²) >= 11 is 0. The quantitative estimate of drug-likeness (QED) is 0.404. The number of aliphatic hydroxyl groups excluding tert-OH is 2. The number of ether oxygens (including phenoxy) is 2. The normalized spacial score (nSPS) is 14.0. The monoisotopic (exact) mass is 463 g/mol. The average molecular weight is 463 g/mol. The van der Waals surface area contributed by atoms with Crippen LogP contribution in [-0.2, 0) is 4.74 Å². The van der Waals surface area contributed by atoms with Gasteiger partial charge in [-0.25, -0.2) is 9.59 Å². The van der Waals surface area contributed by atoms with Crippen molar-refractivity contribution >= 4 is 12.1 Å².